The Balaban J connectivity index is 3.22. The minimum Gasteiger partial charge on any atom is -0.380 e. The summed E-state index contributed by atoms with van der Waals surface area (Å²) in [6.45, 7) is 5.92. The average Bonchev–Trinajstić information content (AvgIpc) is 2.11. The third kappa shape index (κ3) is 7.76. The second-order valence-corrected chi connectivity index (χ2v) is 3.85. The summed E-state index contributed by atoms with van der Waals surface area (Å²) >= 11 is 0. The van der Waals surface area contributed by atoms with Crippen LogP contribution < -0.4 is 5.73 Å². The topological polar surface area (TPSA) is 59.0 Å². The monoisotopic (exact) mass is 184 g/mol. The van der Waals surface area contributed by atoms with Gasteiger partial charge in [-0.25, -0.2) is 0 Å². The molecule has 0 saturated carbocycles. The van der Waals surface area contributed by atoms with E-state index in [1.54, 1.807) is 0 Å². The molecule has 3 heteroatoms. The van der Waals surface area contributed by atoms with Crippen molar-refractivity contribution in [3.63, 3.8) is 0 Å². The predicted octanol–water partition coefficient (Wildman–Crippen LogP) is 1.68. The maximum Gasteiger partial charge on any atom is 0.0683 e. The van der Waals surface area contributed by atoms with Gasteiger partial charge in [-0.1, -0.05) is 0 Å². The largest absolute Gasteiger partial charge is 0.380 e. The van der Waals surface area contributed by atoms with Crippen molar-refractivity contribution in [3.8, 4) is 6.07 Å². The summed E-state index contributed by atoms with van der Waals surface area (Å²) in [5.41, 5.74) is 5.08. The molecule has 0 atom stereocenters. The number of unbranched alkanes of at least 4 members (excludes halogenated alkanes) is 1. The number of nitrogens with zero attached hydrogens (tertiary/aromatic N) is 1. The molecular weight excluding hydrogens is 164 g/mol. The van der Waals surface area contributed by atoms with E-state index in [1.807, 2.05) is 13.8 Å². The number of nitriles is 1. The maximum atomic E-state index is 8.74. The Morgan fingerprint density at radius 1 is 1.31 bits per heavy atom. The van der Waals surface area contributed by atoms with Gasteiger partial charge in [-0.15, -0.1) is 0 Å². The molecule has 0 bridgehead atoms. The quantitative estimate of drug-likeness (QED) is 0.612. The number of hydrogen-bond donors (Lipinski definition) is 1. The van der Waals surface area contributed by atoms with Gasteiger partial charge in [0.05, 0.1) is 18.1 Å². The van der Waals surface area contributed by atoms with E-state index in [9.17, 15) is 0 Å². The van der Waals surface area contributed by atoms with E-state index in [1.165, 1.54) is 0 Å². The minimum absolute atomic E-state index is 0.187. The highest BCUT2D eigenvalue weighted by atomic mass is 16.5. The van der Waals surface area contributed by atoms with Gasteiger partial charge in [-0.3, -0.25) is 0 Å². The van der Waals surface area contributed by atoms with Gasteiger partial charge in [0.2, 0.25) is 0 Å². The summed E-state index contributed by atoms with van der Waals surface area (Å²) in [6.07, 6.45) is 3.01. The van der Waals surface area contributed by atoms with Crippen molar-refractivity contribution in [2.24, 2.45) is 11.1 Å². The lowest BCUT2D eigenvalue weighted by molar-refractivity contribution is 0.135. The molecule has 76 valence electrons. The van der Waals surface area contributed by atoms with Gasteiger partial charge in [0.25, 0.3) is 0 Å². The summed E-state index contributed by atoms with van der Waals surface area (Å²) in [5.74, 6) is 0. The Labute approximate surface area is 80.9 Å². The van der Waals surface area contributed by atoms with Crippen LogP contribution in [0, 0.1) is 16.7 Å². The van der Waals surface area contributed by atoms with Gasteiger partial charge in [0.15, 0.2) is 0 Å². The third-order valence-corrected chi connectivity index (χ3v) is 1.91. The Hall–Kier alpha value is -0.590. The lowest BCUT2D eigenvalue weighted by atomic mass is 9.89. The molecule has 0 saturated heterocycles. The summed E-state index contributed by atoms with van der Waals surface area (Å²) in [6, 6.07) is 2.28. The molecule has 0 aromatic heterocycles. The van der Waals surface area contributed by atoms with E-state index in [0.29, 0.717) is 13.2 Å². The van der Waals surface area contributed by atoms with Crippen molar-refractivity contribution >= 4 is 0 Å². The van der Waals surface area contributed by atoms with Crippen LogP contribution in [0.1, 0.15) is 33.1 Å². The van der Waals surface area contributed by atoms with Crippen LogP contribution in [0.15, 0.2) is 0 Å². The van der Waals surface area contributed by atoms with Crippen LogP contribution in [0.25, 0.3) is 0 Å². The summed E-state index contributed by atoms with van der Waals surface area (Å²) in [4.78, 5) is 0. The zero-order chi connectivity index (χ0) is 10.2. The smallest absolute Gasteiger partial charge is 0.0683 e. The molecule has 0 aromatic rings. The zero-order valence-electron chi connectivity index (χ0n) is 8.68. The first kappa shape index (κ1) is 12.4. The van der Waals surface area contributed by atoms with Gasteiger partial charge in [0, 0.05) is 13.2 Å². The molecule has 0 fully saturated rings. The molecule has 3 nitrogen and oxygen atoms in total. The van der Waals surface area contributed by atoms with Gasteiger partial charge in [-0.05, 0) is 33.1 Å². The standard InChI is InChI=1S/C10H20N2O/c1-10(2,9-12)5-3-4-7-13-8-6-11/h3-8,11H2,1-2H3. The highest BCUT2D eigenvalue weighted by Crippen LogP contribution is 2.21. The first-order valence-corrected chi connectivity index (χ1v) is 4.81. The number of rotatable bonds is 7. The molecule has 0 unspecified atom stereocenters. The fraction of sp³-hybridized carbons (Fsp3) is 0.900. The van der Waals surface area contributed by atoms with E-state index in [4.69, 9.17) is 15.7 Å². The van der Waals surface area contributed by atoms with Gasteiger partial charge < -0.3 is 10.5 Å². The molecule has 0 aliphatic heterocycles. The highest BCUT2D eigenvalue weighted by molar-refractivity contribution is 4.91. The molecule has 0 rings (SSSR count). The molecule has 0 radical (unpaired) electrons. The highest BCUT2D eigenvalue weighted by Gasteiger charge is 2.15. The molecule has 0 heterocycles. The zero-order valence-corrected chi connectivity index (χ0v) is 8.68. The second-order valence-electron chi connectivity index (χ2n) is 3.85. The Kier molecular flexibility index (Phi) is 6.56. The summed E-state index contributed by atoms with van der Waals surface area (Å²) in [7, 11) is 0. The van der Waals surface area contributed by atoms with Crippen LogP contribution in [0.4, 0.5) is 0 Å². The number of nitrogens with two attached hydrogens (primary N) is 1. The predicted molar refractivity (Wildman–Crippen MR) is 53.1 cm³/mol. The van der Waals surface area contributed by atoms with E-state index in [-0.39, 0.29) is 5.41 Å². The van der Waals surface area contributed by atoms with Crippen LogP contribution in [0.3, 0.4) is 0 Å². The molecule has 0 spiro atoms. The van der Waals surface area contributed by atoms with Crippen molar-refractivity contribution in [1.29, 1.82) is 5.26 Å². The van der Waals surface area contributed by atoms with Crippen molar-refractivity contribution in [2.75, 3.05) is 19.8 Å². The second kappa shape index (κ2) is 6.88. The molecule has 13 heavy (non-hydrogen) atoms. The van der Waals surface area contributed by atoms with Crippen LogP contribution in [0.2, 0.25) is 0 Å². The van der Waals surface area contributed by atoms with Crippen LogP contribution in [-0.2, 0) is 4.74 Å². The lowest BCUT2D eigenvalue weighted by Gasteiger charge is -2.14. The van der Waals surface area contributed by atoms with E-state index in [2.05, 4.69) is 6.07 Å². The maximum absolute atomic E-state index is 8.74. The summed E-state index contributed by atoms with van der Waals surface area (Å²) < 4.78 is 5.22. The summed E-state index contributed by atoms with van der Waals surface area (Å²) in [5, 5.41) is 8.74. The molecule has 0 amide bonds. The SMILES string of the molecule is CC(C)(C#N)CCCCOCCN. The molecule has 2 N–H and O–H groups in total. The molecule has 0 aromatic carbocycles. The lowest BCUT2D eigenvalue weighted by Crippen LogP contribution is -2.10. The Morgan fingerprint density at radius 2 is 2.00 bits per heavy atom. The average molecular weight is 184 g/mol. The van der Waals surface area contributed by atoms with Crippen LogP contribution in [0.5, 0.6) is 0 Å². The molecular formula is C10H20N2O. The van der Waals surface area contributed by atoms with Crippen molar-refractivity contribution < 1.29 is 4.74 Å². The van der Waals surface area contributed by atoms with Crippen LogP contribution in [-0.4, -0.2) is 19.8 Å². The van der Waals surface area contributed by atoms with Crippen molar-refractivity contribution in [1.82, 2.24) is 0 Å². The molecule has 0 aliphatic carbocycles. The first-order valence-electron chi connectivity index (χ1n) is 4.81. The van der Waals surface area contributed by atoms with Gasteiger partial charge >= 0.3 is 0 Å². The Morgan fingerprint density at radius 3 is 2.54 bits per heavy atom. The third-order valence-electron chi connectivity index (χ3n) is 1.91. The normalized spacial score (nSPS) is 11.2. The minimum atomic E-state index is -0.187. The fourth-order valence-corrected chi connectivity index (χ4v) is 1.01. The van der Waals surface area contributed by atoms with Crippen molar-refractivity contribution in [3.05, 3.63) is 0 Å². The first-order chi connectivity index (χ1) is 6.12. The number of hydrogen-bond acceptors (Lipinski definition) is 3. The van der Waals surface area contributed by atoms with E-state index in [0.717, 1.165) is 25.9 Å². The Bertz CT molecular complexity index is 161. The van der Waals surface area contributed by atoms with Gasteiger partial charge in [0.1, 0.15) is 0 Å². The van der Waals surface area contributed by atoms with E-state index >= 15 is 0 Å². The molecule has 0 aliphatic rings. The van der Waals surface area contributed by atoms with Gasteiger partial charge in [-0.2, -0.15) is 5.26 Å². The number of ether oxygens (including phenoxy) is 1. The van der Waals surface area contributed by atoms with Crippen LogP contribution >= 0.6 is 0 Å². The fourth-order valence-electron chi connectivity index (χ4n) is 1.01. The van der Waals surface area contributed by atoms with Crippen molar-refractivity contribution in [2.45, 2.75) is 33.1 Å². The van der Waals surface area contributed by atoms with E-state index < -0.39 is 0 Å².